The van der Waals surface area contributed by atoms with Gasteiger partial charge >= 0.3 is 5.97 Å². The van der Waals surface area contributed by atoms with Crippen molar-refractivity contribution in [2.24, 2.45) is 0 Å². The molecule has 1 rings (SSSR count). The standard InChI is InChI=1S/C13H18FN3O4/c1-16(2)6-4-3-5-15-11-7-9(13(18)19)10(14)8-12(11)17(20)21/h7-8,15H,3-6H2,1-2H3,(H,18,19). The fourth-order valence-corrected chi connectivity index (χ4v) is 1.80. The second kappa shape index (κ2) is 7.53. The van der Waals surface area contributed by atoms with E-state index in [1.807, 2.05) is 19.0 Å². The molecule has 1 aromatic carbocycles. The highest BCUT2D eigenvalue weighted by atomic mass is 19.1. The van der Waals surface area contributed by atoms with Crippen LogP contribution in [0.25, 0.3) is 0 Å². The first-order valence-corrected chi connectivity index (χ1v) is 6.42. The van der Waals surface area contributed by atoms with Crippen molar-refractivity contribution < 1.29 is 19.2 Å². The molecule has 0 unspecified atom stereocenters. The van der Waals surface area contributed by atoms with E-state index < -0.39 is 28.0 Å². The average Bonchev–Trinajstić information content (AvgIpc) is 2.38. The molecule has 0 aliphatic carbocycles. The van der Waals surface area contributed by atoms with Crippen molar-refractivity contribution in [3.63, 3.8) is 0 Å². The fourth-order valence-electron chi connectivity index (χ4n) is 1.80. The first kappa shape index (κ1) is 16.8. The Kier molecular flexibility index (Phi) is 6.04. The summed E-state index contributed by atoms with van der Waals surface area (Å²) in [7, 11) is 3.88. The summed E-state index contributed by atoms with van der Waals surface area (Å²) in [5, 5.41) is 22.5. The van der Waals surface area contributed by atoms with Crippen molar-refractivity contribution in [1.29, 1.82) is 0 Å². The third-order valence-electron chi connectivity index (χ3n) is 2.86. The number of halogens is 1. The highest BCUT2D eigenvalue weighted by Gasteiger charge is 2.21. The molecule has 0 atom stereocenters. The minimum Gasteiger partial charge on any atom is -0.478 e. The zero-order chi connectivity index (χ0) is 16.0. The lowest BCUT2D eigenvalue weighted by atomic mass is 10.1. The van der Waals surface area contributed by atoms with Gasteiger partial charge in [0.05, 0.1) is 16.6 Å². The van der Waals surface area contributed by atoms with Gasteiger partial charge < -0.3 is 15.3 Å². The third kappa shape index (κ3) is 4.99. The second-order valence-electron chi connectivity index (χ2n) is 4.85. The Bertz CT molecular complexity index is 534. The summed E-state index contributed by atoms with van der Waals surface area (Å²) < 4.78 is 13.5. The number of nitro groups is 1. The van der Waals surface area contributed by atoms with E-state index in [-0.39, 0.29) is 5.69 Å². The highest BCUT2D eigenvalue weighted by Crippen LogP contribution is 2.27. The molecule has 1 aromatic rings. The van der Waals surface area contributed by atoms with Crippen molar-refractivity contribution in [1.82, 2.24) is 4.90 Å². The number of hydrogen-bond donors (Lipinski definition) is 2. The number of carboxylic acid groups (broad SMARTS) is 1. The minimum absolute atomic E-state index is 0.0173. The summed E-state index contributed by atoms with van der Waals surface area (Å²) in [6.07, 6.45) is 1.65. The quantitative estimate of drug-likeness (QED) is 0.434. The van der Waals surface area contributed by atoms with Crippen LogP contribution in [0, 0.1) is 15.9 Å². The predicted octanol–water partition coefficient (Wildman–Crippen LogP) is 2.19. The summed E-state index contributed by atoms with van der Waals surface area (Å²) >= 11 is 0. The van der Waals surface area contributed by atoms with Crippen molar-refractivity contribution in [2.75, 3.05) is 32.5 Å². The lowest BCUT2D eigenvalue weighted by molar-refractivity contribution is -0.384. The SMILES string of the molecule is CN(C)CCCCNc1cc(C(=O)O)c(F)cc1[N+](=O)[O-]. The van der Waals surface area contributed by atoms with Crippen LogP contribution >= 0.6 is 0 Å². The van der Waals surface area contributed by atoms with Crippen LogP contribution in [0.2, 0.25) is 0 Å². The topological polar surface area (TPSA) is 95.7 Å². The number of benzene rings is 1. The van der Waals surface area contributed by atoms with Crippen LogP contribution in [0.5, 0.6) is 0 Å². The lowest BCUT2D eigenvalue weighted by Gasteiger charge is -2.11. The molecule has 0 aromatic heterocycles. The van der Waals surface area contributed by atoms with Crippen molar-refractivity contribution in [2.45, 2.75) is 12.8 Å². The molecule has 21 heavy (non-hydrogen) atoms. The van der Waals surface area contributed by atoms with Gasteiger partial charge in [0.25, 0.3) is 5.69 Å². The Morgan fingerprint density at radius 2 is 2.10 bits per heavy atom. The van der Waals surface area contributed by atoms with Crippen LogP contribution < -0.4 is 5.32 Å². The summed E-state index contributed by atoms with van der Waals surface area (Å²) in [6.45, 7) is 1.33. The maximum atomic E-state index is 13.5. The number of nitrogens with one attached hydrogen (secondary N) is 1. The molecule has 0 spiro atoms. The van der Waals surface area contributed by atoms with Crippen LogP contribution in [0.4, 0.5) is 15.8 Å². The largest absolute Gasteiger partial charge is 0.478 e. The molecule has 8 heteroatoms. The van der Waals surface area contributed by atoms with E-state index in [0.717, 1.165) is 25.5 Å². The van der Waals surface area contributed by atoms with Gasteiger partial charge in [-0.15, -0.1) is 0 Å². The van der Waals surface area contributed by atoms with E-state index in [1.54, 1.807) is 0 Å². The first-order chi connectivity index (χ1) is 9.82. The average molecular weight is 299 g/mol. The van der Waals surface area contributed by atoms with Crippen LogP contribution in [0.1, 0.15) is 23.2 Å². The van der Waals surface area contributed by atoms with Gasteiger partial charge in [0, 0.05) is 6.54 Å². The van der Waals surface area contributed by atoms with E-state index >= 15 is 0 Å². The Balaban J connectivity index is 2.81. The highest BCUT2D eigenvalue weighted by molar-refractivity contribution is 5.90. The van der Waals surface area contributed by atoms with Crippen LogP contribution in [-0.2, 0) is 0 Å². The Morgan fingerprint density at radius 3 is 2.62 bits per heavy atom. The van der Waals surface area contributed by atoms with Gasteiger partial charge in [-0.2, -0.15) is 0 Å². The number of carboxylic acids is 1. The van der Waals surface area contributed by atoms with Crippen LogP contribution in [0.3, 0.4) is 0 Å². The Hall–Kier alpha value is -2.22. The van der Waals surface area contributed by atoms with Crippen molar-refractivity contribution in [3.05, 3.63) is 33.6 Å². The normalized spacial score (nSPS) is 10.7. The number of nitrogens with zero attached hydrogens (tertiary/aromatic N) is 2. The van der Waals surface area contributed by atoms with Gasteiger partial charge in [-0.25, -0.2) is 9.18 Å². The van der Waals surface area contributed by atoms with Gasteiger partial charge in [-0.1, -0.05) is 0 Å². The maximum absolute atomic E-state index is 13.5. The number of rotatable bonds is 8. The van der Waals surface area contributed by atoms with E-state index in [4.69, 9.17) is 5.11 Å². The lowest BCUT2D eigenvalue weighted by Crippen LogP contribution is -2.14. The molecule has 0 radical (unpaired) electrons. The monoisotopic (exact) mass is 299 g/mol. The van der Waals surface area contributed by atoms with Crippen LogP contribution in [-0.4, -0.2) is 48.1 Å². The molecule has 0 fully saturated rings. The first-order valence-electron chi connectivity index (χ1n) is 6.42. The zero-order valence-electron chi connectivity index (χ0n) is 11.9. The number of hydrogen-bond acceptors (Lipinski definition) is 5. The van der Waals surface area contributed by atoms with E-state index in [0.29, 0.717) is 12.6 Å². The van der Waals surface area contributed by atoms with Gasteiger partial charge in [-0.05, 0) is 39.5 Å². The summed E-state index contributed by atoms with van der Waals surface area (Å²) in [5.74, 6) is -2.58. The predicted molar refractivity (Wildman–Crippen MR) is 76.3 cm³/mol. The van der Waals surface area contributed by atoms with E-state index in [1.165, 1.54) is 0 Å². The molecule has 0 bridgehead atoms. The molecule has 0 saturated carbocycles. The summed E-state index contributed by atoms with van der Waals surface area (Å²) in [4.78, 5) is 23.0. The molecular weight excluding hydrogens is 281 g/mol. The van der Waals surface area contributed by atoms with Crippen molar-refractivity contribution in [3.8, 4) is 0 Å². The Morgan fingerprint density at radius 1 is 1.43 bits per heavy atom. The third-order valence-corrected chi connectivity index (χ3v) is 2.86. The number of anilines is 1. The van der Waals surface area contributed by atoms with Crippen molar-refractivity contribution >= 4 is 17.3 Å². The molecular formula is C13H18FN3O4. The summed E-state index contributed by atoms with van der Waals surface area (Å²) in [5.41, 5.74) is -1.04. The number of carbonyl (C=O) groups is 1. The van der Waals surface area contributed by atoms with Gasteiger partial charge in [-0.3, -0.25) is 10.1 Å². The number of nitro benzene ring substituents is 1. The van der Waals surface area contributed by atoms with E-state index in [9.17, 15) is 19.3 Å². The molecule has 0 aliphatic heterocycles. The number of aromatic carboxylic acids is 1. The fraction of sp³-hybridized carbons (Fsp3) is 0.462. The van der Waals surface area contributed by atoms with Crippen LogP contribution in [0.15, 0.2) is 12.1 Å². The van der Waals surface area contributed by atoms with Gasteiger partial charge in [0.1, 0.15) is 11.5 Å². The van der Waals surface area contributed by atoms with Gasteiger partial charge in [0.2, 0.25) is 0 Å². The zero-order valence-corrected chi connectivity index (χ0v) is 11.9. The molecule has 0 saturated heterocycles. The molecule has 2 N–H and O–H groups in total. The second-order valence-corrected chi connectivity index (χ2v) is 4.85. The smallest absolute Gasteiger partial charge is 0.338 e. The molecule has 0 heterocycles. The number of unbranched alkanes of at least 4 members (excludes halogenated alkanes) is 1. The molecule has 7 nitrogen and oxygen atoms in total. The molecule has 0 aliphatic rings. The maximum Gasteiger partial charge on any atom is 0.338 e. The van der Waals surface area contributed by atoms with Gasteiger partial charge in [0.15, 0.2) is 0 Å². The van der Waals surface area contributed by atoms with E-state index in [2.05, 4.69) is 5.32 Å². The minimum atomic E-state index is -1.46. The Labute approximate surface area is 121 Å². The molecule has 0 amide bonds. The molecule has 116 valence electrons. The summed E-state index contributed by atoms with van der Waals surface area (Å²) in [6, 6.07) is 1.59.